The van der Waals surface area contributed by atoms with Crippen LogP contribution in [0.3, 0.4) is 0 Å². The number of ether oxygens (including phenoxy) is 1. The zero-order valence-electron chi connectivity index (χ0n) is 21.2. The molecule has 0 bridgehead atoms. The summed E-state index contributed by atoms with van der Waals surface area (Å²) in [5.74, 6) is 0.631. The van der Waals surface area contributed by atoms with E-state index in [1.54, 1.807) is 6.20 Å². The SMILES string of the molecule is C=C1PC(NC(C)c2cccc(NC(=O)c3cnc4c(c3)CCCO4)c2)C=N/C1=C/CC.CCC. The van der Waals surface area contributed by atoms with Crippen LogP contribution in [0.15, 0.2) is 65.2 Å². The summed E-state index contributed by atoms with van der Waals surface area (Å²) in [6, 6.07) is 9.90. The summed E-state index contributed by atoms with van der Waals surface area (Å²) >= 11 is 0. The Bertz CT molecular complexity index is 1100. The zero-order chi connectivity index (χ0) is 25.2. The molecule has 0 radical (unpaired) electrons. The van der Waals surface area contributed by atoms with Gasteiger partial charge in [-0.3, -0.25) is 15.1 Å². The highest BCUT2D eigenvalue weighted by Gasteiger charge is 2.19. The summed E-state index contributed by atoms with van der Waals surface area (Å²) < 4.78 is 5.54. The lowest BCUT2D eigenvalue weighted by molar-refractivity contribution is 0.102. The second-order valence-corrected chi connectivity index (χ2v) is 10.2. The van der Waals surface area contributed by atoms with Gasteiger partial charge >= 0.3 is 0 Å². The van der Waals surface area contributed by atoms with Crippen LogP contribution in [-0.2, 0) is 6.42 Å². The fourth-order valence-corrected chi connectivity index (χ4v) is 4.98. The van der Waals surface area contributed by atoms with Crippen molar-refractivity contribution in [3.8, 4) is 5.88 Å². The van der Waals surface area contributed by atoms with Gasteiger partial charge in [0.05, 0.1) is 23.7 Å². The Morgan fingerprint density at radius 3 is 2.86 bits per heavy atom. The van der Waals surface area contributed by atoms with Gasteiger partial charge in [-0.25, -0.2) is 4.98 Å². The number of fused-ring (bicyclic) bond motifs is 1. The van der Waals surface area contributed by atoms with Crippen LogP contribution in [0, 0.1) is 0 Å². The average molecular weight is 493 g/mol. The van der Waals surface area contributed by atoms with Gasteiger partial charge in [-0.2, -0.15) is 0 Å². The Labute approximate surface area is 211 Å². The lowest BCUT2D eigenvalue weighted by Crippen LogP contribution is -2.30. The molecule has 0 fully saturated rings. The number of amides is 1. The molecule has 0 saturated heterocycles. The minimum atomic E-state index is -0.170. The third-order valence-electron chi connectivity index (χ3n) is 5.49. The molecule has 186 valence electrons. The van der Waals surface area contributed by atoms with Crippen LogP contribution >= 0.6 is 8.58 Å². The normalized spacial score (nSPS) is 19.4. The maximum Gasteiger partial charge on any atom is 0.257 e. The van der Waals surface area contributed by atoms with Crippen molar-refractivity contribution in [1.29, 1.82) is 0 Å². The van der Waals surface area contributed by atoms with E-state index in [1.807, 2.05) is 30.5 Å². The standard InChI is InChI=1S/C25H29N4O2P.C3H8/c1-4-7-22-17(3)32-23(15-26-22)28-16(2)18-8-5-10-21(13-18)29-24(30)20-12-19-9-6-11-31-25(19)27-14-20;1-3-2/h5,7-8,10,12-16,23,28,32H,3-4,6,9,11H2,1-2H3,(H,29,30);3H2,1-2H3/b22-7+;. The maximum absolute atomic E-state index is 12.8. The van der Waals surface area contributed by atoms with E-state index in [0.717, 1.165) is 47.1 Å². The van der Waals surface area contributed by atoms with E-state index in [9.17, 15) is 4.79 Å². The average Bonchev–Trinajstić information content (AvgIpc) is 2.86. The highest BCUT2D eigenvalue weighted by Crippen LogP contribution is 2.37. The van der Waals surface area contributed by atoms with Gasteiger partial charge in [0.15, 0.2) is 0 Å². The number of benzene rings is 1. The molecule has 3 unspecified atom stereocenters. The third kappa shape index (κ3) is 7.58. The molecule has 4 rings (SSSR count). The number of aromatic nitrogens is 1. The molecule has 1 amide bonds. The van der Waals surface area contributed by atoms with Crippen LogP contribution in [-0.4, -0.2) is 29.5 Å². The lowest BCUT2D eigenvalue weighted by atomic mass is 10.1. The van der Waals surface area contributed by atoms with Crippen molar-refractivity contribution in [2.75, 3.05) is 11.9 Å². The predicted molar refractivity (Wildman–Crippen MR) is 148 cm³/mol. The molecule has 3 atom stereocenters. The molecule has 35 heavy (non-hydrogen) atoms. The Morgan fingerprint density at radius 1 is 1.31 bits per heavy atom. The van der Waals surface area contributed by atoms with E-state index < -0.39 is 0 Å². The number of hydrogen-bond donors (Lipinski definition) is 2. The Hall–Kier alpha value is -2.82. The molecule has 6 nitrogen and oxygen atoms in total. The molecular weight excluding hydrogens is 455 g/mol. The summed E-state index contributed by atoms with van der Waals surface area (Å²) in [6.45, 7) is 13.3. The van der Waals surface area contributed by atoms with Gasteiger partial charge in [-0.1, -0.05) is 60.6 Å². The quantitative estimate of drug-likeness (QED) is 0.444. The first-order valence-electron chi connectivity index (χ1n) is 12.4. The summed E-state index contributed by atoms with van der Waals surface area (Å²) in [6.07, 6.45) is 9.70. The monoisotopic (exact) mass is 492 g/mol. The van der Waals surface area contributed by atoms with E-state index in [0.29, 0.717) is 26.6 Å². The van der Waals surface area contributed by atoms with E-state index in [4.69, 9.17) is 4.74 Å². The highest BCUT2D eigenvalue weighted by molar-refractivity contribution is 7.45. The number of anilines is 1. The minimum Gasteiger partial charge on any atom is -0.477 e. The van der Waals surface area contributed by atoms with Gasteiger partial charge < -0.3 is 10.1 Å². The van der Waals surface area contributed by atoms with E-state index in [2.05, 4.69) is 67.0 Å². The molecule has 3 heterocycles. The van der Waals surface area contributed by atoms with Crippen LogP contribution in [0.2, 0.25) is 0 Å². The highest BCUT2D eigenvalue weighted by atomic mass is 31.1. The number of carbonyl (C=O) groups excluding carboxylic acids is 1. The molecule has 0 spiro atoms. The van der Waals surface area contributed by atoms with E-state index in [-0.39, 0.29) is 17.7 Å². The Morgan fingerprint density at radius 2 is 2.11 bits per heavy atom. The Balaban J connectivity index is 0.00000108. The number of carbonyl (C=O) groups is 1. The number of aliphatic imine (C=N–C) groups is 1. The van der Waals surface area contributed by atoms with Crippen molar-refractivity contribution in [2.45, 2.75) is 65.2 Å². The molecule has 7 heteroatoms. The number of nitrogens with zero attached hydrogens (tertiary/aromatic N) is 2. The fraction of sp³-hybridized carbons (Fsp3) is 0.393. The fourth-order valence-electron chi connectivity index (χ4n) is 3.80. The van der Waals surface area contributed by atoms with Crippen molar-refractivity contribution in [3.63, 3.8) is 0 Å². The van der Waals surface area contributed by atoms with Crippen molar-refractivity contribution in [3.05, 3.63) is 76.9 Å². The molecule has 1 aromatic heterocycles. The molecule has 2 N–H and O–H groups in total. The second-order valence-electron chi connectivity index (χ2n) is 8.69. The molecule has 0 saturated carbocycles. The lowest BCUT2D eigenvalue weighted by Gasteiger charge is -2.25. The summed E-state index contributed by atoms with van der Waals surface area (Å²) in [7, 11) is 0.561. The topological polar surface area (TPSA) is 75.6 Å². The largest absolute Gasteiger partial charge is 0.477 e. The summed E-state index contributed by atoms with van der Waals surface area (Å²) in [4.78, 5) is 21.6. The van der Waals surface area contributed by atoms with Crippen molar-refractivity contribution >= 4 is 26.4 Å². The van der Waals surface area contributed by atoms with Crippen LogP contribution in [0.5, 0.6) is 5.88 Å². The van der Waals surface area contributed by atoms with Crippen molar-refractivity contribution < 1.29 is 9.53 Å². The van der Waals surface area contributed by atoms with Crippen molar-refractivity contribution in [1.82, 2.24) is 10.3 Å². The van der Waals surface area contributed by atoms with Crippen LogP contribution in [0.4, 0.5) is 5.69 Å². The van der Waals surface area contributed by atoms with Gasteiger partial charge in [-0.15, -0.1) is 0 Å². The Kier molecular flexibility index (Phi) is 10.2. The number of allylic oxidation sites excluding steroid dienone is 2. The van der Waals surface area contributed by atoms with Gasteiger partial charge in [0.1, 0.15) is 0 Å². The predicted octanol–water partition coefficient (Wildman–Crippen LogP) is 6.62. The molecule has 2 aromatic rings. The summed E-state index contributed by atoms with van der Waals surface area (Å²) in [5.41, 5.74) is 4.39. The van der Waals surface area contributed by atoms with Crippen LogP contribution in [0.25, 0.3) is 0 Å². The first kappa shape index (κ1) is 26.8. The minimum absolute atomic E-state index is 0.0999. The van der Waals surface area contributed by atoms with E-state index in [1.165, 1.54) is 6.42 Å². The first-order chi connectivity index (χ1) is 16.9. The van der Waals surface area contributed by atoms with Gasteiger partial charge in [0.25, 0.3) is 5.91 Å². The molecule has 2 aliphatic rings. The van der Waals surface area contributed by atoms with Gasteiger partial charge in [0.2, 0.25) is 5.88 Å². The molecule has 2 aliphatic heterocycles. The molecule has 1 aromatic carbocycles. The maximum atomic E-state index is 12.8. The number of hydrogen-bond acceptors (Lipinski definition) is 5. The van der Waals surface area contributed by atoms with Gasteiger partial charge in [-0.05, 0) is 55.3 Å². The molecular formula is C28H37N4O2P. The van der Waals surface area contributed by atoms with Crippen LogP contribution in [0.1, 0.15) is 74.5 Å². The van der Waals surface area contributed by atoms with E-state index >= 15 is 0 Å². The first-order valence-corrected chi connectivity index (χ1v) is 13.5. The summed E-state index contributed by atoms with van der Waals surface area (Å²) in [5, 5.41) is 7.70. The van der Waals surface area contributed by atoms with Crippen molar-refractivity contribution in [2.24, 2.45) is 4.99 Å². The molecule has 0 aliphatic carbocycles. The zero-order valence-corrected chi connectivity index (χ0v) is 22.2. The van der Waals surface area contributed by atoms with Crippen LogP contribution < -0.4 is 15.4 Å². The van der Waals surface area contributed by atoms with Gasteiger partial charge in [0, 0.05) is 29.7 Å². The second kappa shape index (κ2) is 13.3. The number of aryl methyl sites for hydroxylation is 1. The number of nitrogens with one attached hydrogen (secondary N) is 2. The number of pyridine rings is 1. The smallest absolute Gasteiger partial charge is 0.257 e. The third-order valence-corrected chi connectivity index (χ3v) is 6.72. The number of rotatable bonds is 6.